The predicted octanol–water partition coefficient (Wildman–Crippen LogP) is 5.37. The molecule has 0 saturated heterocycles. The van der Waals surface area contributed by atoms with E-state index in [1.165, 1.54) is 0 Å². The van der Waals surface area contributed by atoms with E-state index in [1.807, 2.05) is 0 Å². The van der Waals surface area contributed by atoms with Crippen molar-refractivity contribution < 1.29 is 19.1 Å². The van der Waals surface area contributed by atoms with Crippen molar-refractivity contribution in [3.05, 3.63) is 71.8 Å². The molecule has 0 spiro atoms. The minimum Gasteiger partial charge on any atom is -0.461 e. The molecule has 0 amide bonds. The zero-order valence-electron chi connectivity index (χ0n) is 17.9. The van der Waals surface area contributed by atoms with Crippen LogP contribution in [0.5, 0.6) is 0 Å². The Morgan fingerprint density at radius 1 is 0.833 bits per heavy atom. The van der Waals surface area contributed by atoms with Gasteiger partial charge in [0.25, 0.3) is 0 Å². The maximum Gasteiger partial charge on any atom is 0.325 e. The number of ether oxygens (including phenoxy) is 1. The first kappa shape index (κ1) is 21.9. The average Bonchev–Trinajstić information content (AvgIpc) is 2.74. The van der Waals surface area contributed by atoms with Crippen LogP contribution in [0.15, 0.2) is 60.7 Å². The van der Waals surface area contributed by atoms with Gasteiger partial charge in [0, 0.05) is 11.1 Å². The molecule has 0 aliphatic heterocycles. The summed E-state index contributed by atoms with van der Waals surface area (Å²) in [5.74, 6) is -2.19. The molecule has 1 fully saturated rings. The Morgan fingerprint density at radius 2 is 1.33 bits per heavy atom. The molecule has 0 heterocycles. The number of ketones is 2. The normalized spacial score (nSPS) is 21.4. The Bertz CT molecular complexity index is 821. The fraction of sp³-hybridized carbons (Fsp3) is 0.423. The molecule has 0 unspecified atom stereocenters. The Balaban J connectivity index is 1.90. The van der Waals surface area contributed by atoms with Crippen LogP contribution >= 0.6 is 0 Å². The molecular formula is C26H30O4. The van der Waals surface area contributed by atoms with Gasteiger partial charge in [-0.3, -0.25) is 14.4 Å². The summed E-state index contributed by atoms with van der Waals surface area (Å²) >= 11 is 0. The molecule has 3 rings (SSSR count). The zero-order chi connectivity index (χ0) is 21.7. The van der Waals surface area contributed by atoms with Crippen LogP contribution in [0.1, 0.15) is 60.7 Å². The van der Waals surface area contributed by atoms with E-state index in [4.69, 9.17) is 4.74 Å². The summed E-state index contributed by atoms with van der Waals surface area (Å²) in [6, 6.07) is 17.0. The highest BCUT2D eigenvalue weighted by atomic mass is 16.5. The number of hydrogen-bond donors (Lipinski definition) is 0. The second kappa shape index (κ2) is 9.84. The first-order valence-electron chi connectivity index (χ1n) is 10.8. The van der Waals surface area contributed by atoms with Gasteiger partial charge in [-0.1, -0.05) is 87.9 Å². The Hall–Kier alpha value is -2.75. The van der Waals surface area contributed by atoms with E-state index in [-0.39, 0.29) is 12.0 Å². The highest BCUT2D eigenvalue weighted by molar-refractivity contribution is 6.26. The van der Waals surface area contributed by atoms with Crippen LogP contribution in [0.25, 0.3) is 0 Å². The van der Waals surface area contributed by atoms with Gasteiger partial charge in [0.15, 0.2) is 17.5 Å². The molecule has 30 heavy (non-hydrogen) atoms. The largest absolute Gasteiger partial charge is 0.461 e. The first-order valence-corrected chi connectivity index (χ1v) is 10.8. The van der Waals surface area contributed by atoms with Gasteiger partial charge in [-0.2, -0.15) is 0 Å². The van der Waals surface area contributed by atoms with E-state index in [9.17, 15) is 14.4 Å². The highest BCUT2D eigenvalue weighted by Crippen LogP contribution is 2.36. The number of carbonyl (C=O) groups is 3. The van der Waals surface area contributed by atoms with Gasteiger partial charge in [0.2, 0.25) is 0 Å². The molecule has 0 aromatic heterocycles. The summed E-state index contributed by atoms with van der Waals surface area (Å²) in [7, 11) is 0. The first-order chi connectivity index (χ1) is 14.4. The van der Waals surface area contributed by atoms with E-state index in [2.05, 4.69) is 20.8 Å². The molecule has 0 radical (unpaired) electrons. The molecular weight excluding hydrogens is 376 g/mol. The SMILES string of the molecule is CC(C)[C@H]1CC[C@@H](C)C[C@@H]1OC(=O)C(C(=O)c1ccccc1)C(=O)c1ccccc1. The summed E-state index contributed by atoms with van der Waals surface area (Å²) in [5.41, 5.74) is 0.669. The number of benzene rings is 2. The zero-order valence-corrected chi connectivity index (χ0v) is 17.9. The molecule has 1 aliphatic carbocycles. The van der Waals surface area contributed by atoms with Crippen LogP contribution in [0.2, 0.25) is 0 Å². The van der Waals surface area contributed by atoms with Crippen LogP contribution in [-0.2, 0) is 9.53 Å². The molecule has 2 aromatic carbocycles. The monoisotopic (exact) mass is 406 g/mol. The van der Waals surface area contributed by atoms with Crippen molar-refractivity contribution in [2.24, 2.45) is 23.7 Å². The van der Waals surface area contributed by atoms with Crippen molar-refractivity contribution in [2.75, 3.05) is 0 Å². The van der Waals surface area contributed by atoms with E-state index in [0.29, 0.717) is 23.0 Å². The second-order valence-corrected chi connectivity index (χ2v) is 8.69. The Labute approximate surface area is 178 Å². The molecule has 1 saturated carbocycles. The molecule has 4 heteroatoms. The van der Waals surface area contributed by atoms with Gasteiger partial charge in [0.1, 0.15) is 6.10 Å². The molecule has 0 N–H and O–H groups in total. The van der Waals surface area contributed by atoms with Crippen molar-refractivity contribution >= 4 is 17.5 Å². The predicted molar refractivity (Wildman–Crippen MR) is 116 cm³/mol. The molecule has 2 aromatic rings. The molecule has 4 nitrogen and oxygen atoms in total. The average molecular weight is 407 g/mol. The number of rotatable bonds is 7. The second-order valence-electron chi connectivity index (χ2n) is 8.69. The summed E-state index contributed by atoms with van der Waals surface area (Å²) in [5, 5.41) is 0. The molecule has 1 aliphatic rings. The van der Waals surface area contributed by atoms with E-state index in [0.717, 1.165) is 19.3 Å². The third-order valence-corrected chi connectivity index (χ3v) is 6.11. The van der Waals surface area contributed by atoms with Crippen LogP contribution in [0, 0.1) is 23.7 Å². The lowest BCUT2D eigenvalue weighted by Crippen LogP contribution is -2.41. The van der Waals surface area contributed by atoms with Gasteiger partial charge >= 0.3 is 5.97 Å². The molecule has 158 valence electrons. The van der Waals surface area contributed by atoms with E-state index in [1.54, 1.807) is 60.7 Å². The number of esters is 1. The Morgan fingerprint density at radius 3 is 1.80 bits per heavy atom. The third-order valence-electron chi connectivity index (χ3n) is 6.11. The van der Waals surface area contributed by atoms with Crippen molar-refractivity contribution in [2.45, 2.75) is 46.1 Å². The van der Waals surface area contributed by atoms with E-state index >= 15 is 0 Å². The topological polar surface area (TPSA) is 60.4 Å². The summed E-state index contributed by atoms with van der Waals surface area (Å²) in [4.78, 5) is 39.7. The standard InChI is InChI=1S/C26H30O4/c1-17(2)21-15-14-18(3)16-22(21)30-26(29)23(24(27)19-10-6-4-7-11-19)25(28)20-12-8-5-9-13-20/h4-13,17-18,21-23H,14-16H2,1-3H3/t18-,21-,22+/m1/s1. The van der Waals surface area contributed by atoms with Gasteiger partial charge in [-0.05, 0) is 30.6 Å². The number of Topliss-reactive ketones (excluding diaryl/α,β-unsaturated/α-hetero) is 2. The fourth-order valence-corrected chi connectivity index (χ4v) is 4.34. The lowest BCUT2D eigenvalue weighted by molar-refractivity contribution is -0.157. The molecule has 0 bridgehead atoms. The van der Waals surface area contributed by atoms with Gasteiger partial charge in [-0.15, -0.1) is 0 Å². The third kappa shape index (κ3) is 5.05. The molecule has 3 atom stereocenters. The van der Waals surface area contributed by atoms with Crippen molar-refractivity contribution in [1.29, 1.82) is 0 Å². The van der Waals surface area contributed by atoms with Crippen molar-refractivity contribution in [3.8, 4) is 0 Å². The van der Waals surface area contributed by atoms with Crippen LogP contribution < -0.4 is 0 Å². The van der Waals surface area contributed by atoms with Crippen molar-refractivity contribution in [1.82, 2.24) is 0 Å². The summed E-state index contributed by atoms with van der Waals surface area (Å²) in [6.07, 6.45) is 2.59. The van der Waals surface area contributed by atoms with Gasteiger partial charge < -0.3 is 4.74 Å². The quantitative estimate of drug-likeness (QED) is 0.352. The van der Waals surface area contributed by atoms with Gasteiger partial charge in [-0.25, -0.2) is 0 Å². The van der Waals surface area contributed by atoms with Crippen molar-refractivity contribution in [3.63, 3.8) is 0 Å². The Kier molecular flexibility index (Phi) is 7.20. The summed E-state index contributed by atoms with van der Waals surface area (Å²) in [6.45, 7) is 6.41. The number of hydrogen-bond acceptors (Lipinski definition) is 4. The van der Waals surface area contributed by atoms with Crippen LogP contribution in [0.4, 0.5) is 0 Å². The lowest BCUT2D eigenvalue weighted by Gasteiger charge is -2.37. The summed E-state index contributed by atoms with van der Waals surface area (Å²) < 4.78 is 5.90. The van der Waals surface area contributed by atoms with Gasteiger partial charge in [0.05, 0.1) is 0 Å². The highest BCUT2D eigenvalue weighted by Gasteiger charge is 2.40. The smallest absolute Gasteiger partial charge is 0.325 e. The minimum atomic E-state index is -1.49. The maximum absolute atomic E-state index is 13.3. The van der Waals surface area contributed by atoms with E-state index < -0.39 is 23.5 Å². The minimum absolute atomic E-state index is 0.240. The van der Waals surface area contributed by atoms with Crippen LogP contribution in [0.3, 0.4) is 0 Å². The maximum atomic E-state index is 13.3. The lowest BCUT2D eigenvalue weighted by atomic mass is 9.75. The van der Waals surface area contributed by atoms with Crippen LogP contribution in [-0.4, -0.2) is 23.6 Å². The number of carbonyl (C=O) groups excluding carboxylic acids is 3. The fourth-order valence-electron chi connectivity index (χ4n) is 4.34.